The van der Waals surface area contributed by atoms with Crippen LogP contribution in [-0.2, 0) is 6.42 Å². The molecule has 0 spiro atoms. The lowest BCUT2D eigenvalue weighted by atomic mass is 10.1. The van der Waals surface area contributed by atoms with Gasteiger partial charge in [-0.3, -0.25) is 0 Å². The van der Waals surface area contributed by atoms with Gasteiger partial charge >= 0.3 is 0 Å². The van der Waals surface area contributed by atoms with Crippen LogP contribution >= 0.6 is 12.4 Å². The summed E-state index contributed by atoms with van der Waals surface area (Å²) in [5.41, 5.74) is 6.22. The minimum absolute atomic E-state index is 0. The molecule has 1 aromatic carbocycles. The summed E-state index contributed by atoms with van der Waals surface area (Å²) in [7, 11) is 0. The monoisotopic (exact) mass is 189 g/mol. The van der Waals surface area contributed by atoms with Gasteiger partial charge in [0.05, 0.1) is 0 Å². The lowest BCUT2D eigenvalue weighted by Crippen LogP contribution is -2.18. The first-order valence-electron chi connectivity index (χ1n) is 3.69. The summed E-state index contributed by atoms with van der Waals surface area (Å²) >= 11 is 0. The van der Waals surface area contributed by atoms with Crippen molar-refractivity contribution >= 4 is 12.4 Å². The summed E-state index contributed by atoms with van der Waals surface area (Å²) in [6, 6.07) is 6.74. The average molecular weight is 190 g/mol. The Morgan fingerprint density at radius 1 is 1.42 bits per heavy atom. The predicted molar refractivity (Wildman–Crippen MR) is 51.0 cm³/mol. The van der Waals surface area contributed by atoms with Crippen LogP contribution in [0.3, 0.4) is 0 Å². The normalized spacial score (nSPS) is 11.9. The van der Waals surface area contributed by atoms with Crippen molar-refractivity contribution in [3.8, 4) is 0 Å². The highest BCUT2D eigenvalue weighted by Crippen LogP contribution is 2.07. The zero-order chi connectivity index (χ0) is 8.27. The fraction of sp³-hybridized carbons (Fsp3) is 0.333. The van der Waals surface area contributed by atoms with Gasteiger partial charge in [-0.05, 0) is 25.0 Å². The molecule has 1 unspecified atom stereocenters. The van der Waals surface area contributed by atoms with E-state index in [0.29, 0.717) is 12.0 Å². The Labute approximate surface area is 78.2 Å². The van der Waals surface area contributed by atoms with Crippen molar-refractivity contribution in [3.63, 3.8) is 0 Å². The maximum atomic E-state index is 12.9. The van der Waals surface area contributed by atoms with E-state index in [1.54, 1.807) is 12.1 Å². The molecule has 0 amide bonds. The molecule has 0 aliphatic heterocycles. The second-order valence-electron chi connectivity index (χ2n) is 2.77. The van der Waals surface area contributed by atoms with Crippen LogP contribution in [0.15, 0.2) is 24.3 Å². The minimum atomic E-state index is -0.162. The maximum absolute atomic E-state index is 12.9. The van der Waals surface area contributed by atoms with E-state index >= 15 is 0 Å². The highest BCUT2D eigenvalue weighted by molar-refractivity contribution is 5.85. The number of rotatable bonds is 2. The first-order valence-corrected chi connectivity index (χ1v) is 3.69. The molecule has 0 saturated heterocycles. The third-order valence-corrected chi connectivity index (χ3v) is 1.50. The summed E-state index contributed by atoms with van der Waals surface area (Å²) < 4.78 is 12.9. The molecule has 1 rings (SSSR count). The molecule has 12 heavy (non-hydrogen) atoms. The summed E-state index contributed by atoms with van der Waals surface area (Å²) in [5, 5.41) is 0. The maximum Gasteiger partial charge on any atom is 0.126 e. The summed E-state index contributed by atoms with van der Waals surface area (Å²) in [4.78, 5) is 0. The predicted octanol–water partition coefficient (Wildman–Crippen LogP) is 2.14. The van der Waals surface area contributed by atoms with Gasteiger partial charge < -0.3 is 5.73 Å². The van der Waals surface area contributed by atoms with Gasteiger partial charge in [-0.15, -0.1) is 12.4 Å². The molecule has 1 atom stereocenters. The molecule has 0 aromatic heterocycles. The summed E-state index contributed by atoms with van der Waals surface area (Å²) in [5.74, 6) is -0.162. The van der Waals surface area contributed by atoms with Gasteiger partial charge in [-0.25, -0.2) is 4.39 Å². The third-order valence-electron chi connectivity index (χ3n) is 1.50. The van der Waals surface area contributed by atoms with E-state index in [9.17, 15) is 4.39 Å². The molecule has 1 aromatic rings. The van der Waals surface area contributed by atoms with Crippen LogP contribution in [0.4, 0.5) is 4.39 Å². The average Bonchev–Trinajstić information content (AvgIpc) is 1.93. The SMILES string of the molecule is CC(N)Cc1ccccc1F.Cl. The number of benzene rings is 1. The molecule has 2 N–H and O–H groups in total. The zero-order valence-electron chi connectivity index (χ0n) is 6.96. The minimum Gasteiger partial charge on any atom is -0.328 e. The van der Waals surface area contributed by atoms with Crippen LogP contribution in [0.2, 0.25) is 0 Å². The van der Waals surface area contributed by atoms with Crippen molar-refractivity contribution in [3.05, 3.63) is 35.6 Å². The quantitative estimate of drug-likeness (QED) is 0.758. The van der Waals surface area contributed by atoms with Crippen molar-refractivity contribution in [1.82, 2.24) is 0 Å². The first-order chi connectivity index (χ1) is 5.20. The fourth-order valence-electron chi connectivity index (χ4n) is 1.01. The van der Waals surface area contributed by atoms with Gasteiger partial charge in [0.25, 0.3) is 0 Å². The van der Waals surface area contributed by atoms with Crippen LogP contribution in [0.25, 0.3) is 0 Å². The molecule has 1 nitrogen and oxygen atoms in total. The molecule has 0 heterocycles. The highest BCUT2D eigenvalue weighted by Gasteiger charge is 2.01. The van der Waals surface area contributed by atoms with Gasteiger partial charge in [-0.2, -0.15) is 0 Å². The van der Waals surface area contributed by atoms with E-state index in [1.807, 2.05) is 13.0 Å². The first kappa shape index (κ1) is 11.4. The zero-order valence-corrected chi connectivity index (χ0v) is 7.77. The Morgan fingerprint density at radius 3 is 2.50 bits per heavy atom. The number of hydrogen-bond acceptors (Lipinski definition) is 1. The van der Waals surface area contributed by atoms with Gasteiger partial charge in [0, 0.05) is 6.04 Å². The Morgan fingerprint density at radius 2 is 2.00 bits per heavy atom. The van der Waals surface area contributed by atoms with Crippen molar-refractivity contribution in [2.45, 2.75) is 19.4 Å². The number of nitrogens with two attached hydrogens (primary N) is 1. The third kappa shape index (κ3) is 3.20. The fourth-order valence-corrected chi connectivity index (χ4v) is 1.01. The van der Waals surface area contributed by atoms with Crippen molar-refractivity contribution in [2.24, 2.45) is 5.73 Å². The molecule has 0 saturated carbocycles. The van der Waals surface area contributed by atoms with Gasteiger partial charge in [0.2, 0.25) is 0 Å². The van der Waals surface area contributed by atoms with Crippen LogP contribution in [0, 0.1) is 5.82 Å². The summed E-state index contributed by atoms with van der Waals surface area (Å²) in [6.07, 6.45) is 0.604. The molecule has 0 aliphatic carbocycles. The molecule has 0 aliphatic rings. The standard InChI is InChI=1S/C9H12FN.ClH/c1-7(11)6-8-4-2-3-5-9(8)10;/h2-5,7H,6,11H2,1H3;1H. The molecule has 0 bridgehead atoms. The van der Waals surface area contributed by atoms with Gasteiger partial charge in [0.15, 0.2) is 0 Å². The number of halogens is 2. The van der Waals surface area contributed by atoms with Crippen LogP contribution in [0.5, 0.6) is 0 Å². The van der Waals surface area contributed by atoms with Gasteiger partial charge in [-0.1, -0.05) is 18.2 Å². The molecule has 68 valence electrons. The Hall–Kier alpha value is -0.600. The van der Waals surface area contributed by atoms with Crippen molar-refractivity contribution in [1.29, 1.82) is 0 Å². The van der Waals surface area contributed by atoms with Crippen LogP contribution in [0.1, 0.15) is 12.5 Å². The smallest absolute Gasteiger partial charge is 0.126 e. The second kappa shape index (κ2) is 5.12. The van der Waals surface area contributed by atoms with Crippen LogP contribution < -0.4 is 5.73 Å². The molecular formula is C9H13ClFN. The van der Waals surface area contributed by atoms with E-state index in [4.69, 9.17) is 5.73 Å². The van der Waals surface area contributed by atoms with Crippen LogP contribution in [-0.4, -0.2) is 6.04 Å². The summed E-state index contributed by atoms with van der Waals surface area (Å²) in [6.45, 7) is 1.87. The Kier molecular flexibility index (Phi) is 4.86. The number of hydrogen-bond donors (Lipinski definition) is 1. The largest absolute Gasteiger partial charge is 0.328 e. The topological polar surface area (TPSA) is 26.0 Å². The molecule has 0 radical (unpaired) electrons. The van der Waals surface area contributed by atoms with Crippen molar-refractivity contribution in [2.75, 3.05) is 0 Å². The van der Waals surface area contributed by atoms with E-state index in [-0.39, 0.29) is 24.3 Å². The van der Waals surface area contributed by atoms with E-state index < -0.39 is 0 Å². The van der Waals surface area contributed by atoms with Crippen molar-refractivity contribution < 1.29 is 4.39 Å². The lowest BCUT2D eigenvalue weighted by molar-refractivity contribution is 0.596. The second-order valence-corrected chi connectivity index (χ2v) is 2.77. The molecular weight excluding hydrogens is 177 g/mol. The van der Waals surface area contributed by atoms with E-state index in [2.05, 4.69) is 0 Å². The Bertz CT molecular complexity index is 238. The Balaban J connectivity index is 0.00000121. The van der Waals surface area contributed by atoms with E-state index in [1.165, 1.54) is 6.07 Å². The highest BCUT2D eigenvalue weighted by atomic mass is 35.5. The van der Waals surface area contributed by atoms with E-state index in [0.717, 1.165) is 0 Å². The molecule has 3 heteroatoms. The molecule has 0 fully saturated rings. The lowest BCUT2D eigenvalue weighted by Gasteiger charge is -2.04. The van der Waals surface area contributed by atoms with Gasteiger partial charge in [0.1, 0.15) is 5.82 Å².